The Bertz CT molecular complexity index is 757. The van der Waals surface area contributed by atoms with Gasteiger partial charge < -0.3 is 15.0 Å². The Hall–Kier alpha value is -2.34. The van der Waals surface area contributed by atoms with Gasteiger partial charge in [0.25, 0.3) is 5.91 Å². The lowest BCUT2D eigenvalue weighted by Gasteiger charge is -2.19. The minimum absolute atomic E-state index is 0.110. The molecule has 0 unspecified atom stereocenters. The van der Waals surface area contributed by atoms with E-state index in [4.69, 9.17) is 4.74 Å². The Morgan fingerprint density at radius 1 is 1.20 bits per heavy atom. The number of carbonyl (C=O) groups is 2. The summed E-state index contributed by atoms with van der Waals surface area (Å²) in [6, 6.07) is 7.81. The summed E-state index contributed by atoms with van der Waals surface area (Å²) < 4.78 is 6.77. The summed E-state index contributed by atoms with van der Waals surface area (Å²) in [5.74, 6) is -0.196. The van der Waals surface area contributed by atoms with Gasteiger partial charge in [0.05, 0.1) is 5.52 Å². The van der Waals surface area contributed by atoms with E-state index >= 15 is 0 Å². The first kappa shape index (κ1) is 19.0. The number of amides is 1. The fourth-order valence-electron chi connectivity index (χ4n) is 2.55. The third-order valence-corrected chi connectivity index (χ3v) is 3.67. The van der Waals surface area contributed by atoms with E-state index in [2.05, 4.69) is 10.2 Å². The Kier molecular flexibility index (Phi) is 5.85. The molecule has 2 aromatic rings. The van der Waals surface area contributed by atoms with Gasteiger partial charge in [-0.3, -0.25) is 9.36 Å². The highest BCUT2D eigenvalue weighted by Crippen LogP contribution is 2.21. The van der Waals surface area contributed by atoms with Crippen LogP contribution in [0.25, 0.3) is 10.9 Å². The van der Waals surface area contributed by atoms with Crippen molar-refractivity contribution in [1.29, 1.82) is 0 Å². The van der Waals surface area contributed by atoms with Crippen molar-refractivity contribution in [3.8, 4) is 0 Å². The molecule has 0 atom stereocenters. The first-order valence-corrected chi connectivity index (χ1v) is 8.41. The molecule has 0 radical (unpaired) electrons. The van der Waals surface area contributed by atoms with Gasteiger partial charge in [-0.05, 0) is 52.9 Å². The largest absolute Gasteiger partial charge is 0.444 e. The number of para-hydroxylation sites is 1. The van der Waals surface area contributed by atoms with E-state index in [0.29, 0.717) is 0 Å². The molecule has 25 heavy (non-hydrogen) atoms. The zero-order valence-electron chi connectivity index (χ0n) is 15.6. The maximum Gasteiger partial charge on any atom is 0.408 e. The summed E-state index contributed by atoms with van der Waals surface area (Å²) in [4.78, 5) is 26.4. The molecule has 6 nitrogen and oxygen atoms in total. The smallest absolute Gasteiger partial charge is 0.408 e. The number of likely N-dealkylation sites (N-methyl/N-ethyl adjacent to an activating group) is 1. The van der Waals surface area contributed by atoms with Crippen LogP contribution < -0.4 is 5.32 Å². The zero-order valence-corrected chi connectivity index (χ0v) is 15.6. The minimum atomic E-state index is -0.592. The lowest BCUT2D eigenvalue weighted by Crippen LogP contribution is -2.36. The molecule has 1 heterocycles. The standard InChI is InChI=1S/C19H27N3O3/c1-19(2,3)25-18(24)20-12-17(23)22-13-14(10-11-21(4)5)15-8-6-7-9-16(15)22/h6-9,13H,10-12H2,1-5H3,(H,20,24). The van der Waals surface area contributed by atoms with E-state index in [1.165, 1.54) is 0 Å². The molecule has 0 aliphatic carbocycles. The van der Waals surface area contributed by atoms with Crippen LogP contribution in [0, 0.1) is 0 Å². The molecule has 1 aromatic heterocycles. The highest BCUT2D eigenvalue weighted by atomic mass is 16.6. The van der Waals surface area contributed by atoms with Gasteiger partial charge >= 0.3 is 6.09 Å². The van der Waals surface area contributed by atoms with E-state index in [1.807, 2.05) is 44.6 Å². The van der Waals surface area contributed by atoms with Crippen molar-refractivity contribution in [2.45, 2.75) is 32.8 Å². The van der Waals surface area contributed by atoms with Crippen molar-refractivity contribution in [2.24, 2.45) is 0 Å². The number of nitrogens with zero attached hydrogens (tertiary/aromatic N) is 2. The third kappa shape index (κ3) is 5.32. The van der Waals surface area contributed by atoms with Gasteiger partial charge in [-0.1, -0.05) is 18.2 Å². The molecule has 1 aromatic carbocycles. The van der Waals surface area contributed by atoms with Crippen molar-refractivity contribution in [3.63, 3.8) is 0 Å². The summed E-state index contributed by atoms with van der Waals surface area (Å²) in [7, 11) is 4.05. The Morgan fingerprint density at radius 3 is 2.52 bits per heavy atom. The number of carbonyl (C=O) groups excluding carboxylic acids is 2. The molecular weight excluding hydrogens is 318 g/mol. The van der Waals surface area contributed by atoms with Gasteiger partial charge in [0, 0.05) is 18.1 Å². The summed E-state index contributed by atoms with van der Waals surface area (Å²) in [5.41, 5.74) is 1.38. The second kappa shape index (κ2) is 7.70. The van der Waals surface area contributed by atoms with Crippen LogP contribution in [0.4, 0.5) is 4.79 Å². The maximum atomic E-state index is 12.6. The second-order valence-electron chi connectivity index (χ2n) is 7.34. The number of benzene rings is 1. The van der Waals surface area contributed by atoms with Gasteiger partial charge in [-0.15, -0.1) is 0 Å². The monoisotopic (exact) mass is 345 g/mol. The van der Waals surface area contributed by atoms with Crippen LogP contribution in [-0.2, 0) is 11.2 Å². The third-order valence-electron chi connectivity index (χ3n) is 3.67. The van der Waals surface area contributed by atoms with Crippen LogP contribution in [0.1, 0.15) is 31.1 Å². The lowest BCUT2D eigenvalue weighted by atomic mass is 10.1. The first-order valence-electron chi connectivity index (χ1n) is 8.41. The first-order chi connectivity index (χ1) is 11.7. The van der Waals surface area contributed by atoms with E-state index in [0.717, 1.165) is 29.4 Å². The summed E-state index contributed by atoms with van der Waals surface area (Å²) in [6.45, 7) is 6.14. The van der Waals surface area contributed by atoms with Gasteiger partial charge in [-0.25, -0.2) is 4.79 Å². The fraction of sp³-hybridized carbons (Fsp3) is 0.474. The maximum absolute atomic E-state index is 12.6. The Balaban J connectivity index is 2.14. The fourth-order valence-corrected chi connectivity index (χ4v) is 2.55. The number of fused-ring (bicyclic) bond motifs is 1. The molecule has 0 saturated carbocycles. The highest BCUT2D eigenvalue weighted by molar-refractivity contribution is 5.96. The molecule has 0 aliphatic rings. The van der Waals surface area contributed by atoms with Crippen molar-refractivity contribution in [2.75, 3.05) is 27.2 Å². The number of rotatable bonds is 5. The van der Waals surface area contributed by atoms with Crippen molar-refractivity contribution < 1.29 is 14.3 Å². The molecule has 0 aliphatic heterocycles. The van der Waals surface area contributed by atoms with Gasteiger partial charge in [0.15, 0.2) is 0 Å². The summed E-state index contributed by atoms with van der Waals surface area (Å²) >= 11 is 0. The van der Waals surface area contributed by atoms with Crippen LogP contribution in [0.2, 0.25) is 0 Å². The average molecular weight is 345 g/mol. The van der Waals surface area contributed by atoms with E-state index in [9.17, 15) is 9.59 Å². The number of aromatic nitrogens is 1. The molecule has 0 saturated heterocycles. The molecule has 0 fully saturated rings. The molecule has 0 bridgehead atoms. The Morgan fingerprint density at radius 2 is 1.88 bits per heavy atom. The second-order valence-corrected chi connectivity index (χ2v) is 7.34. The lowest BCUT2D eigenvalue weighted by molar-refractivity contribution is 0.0515. The van der Waals surface area contributed by atoms with Crippen LogP contribution in [0.15, 0.2) is 30.5 Å². The summed E-state index contributed by atoms with van der Waals surface area (Å²) in [6.07, 6.45) is 2.13. The van der Waals surface area contributed by atoms with Gasteiger partial charge in [0.1, 0.15) is 12.1 Å². The minimum Gasteiger partial charge on any atom is -0.444 e. The topological polar surface area (TPSA) is 63.6 Å². The van der Waals surface area contributed by atoms with Gasteiger partial charge in [-0.2, -0.15) is 0 Å². The van der Waals surface area contributed by atoms with Crippen molar-refractivity contribution in [3.05, 3.63) is 36.0 Å². The van der Waals surface area contributed by atoms with Crippen LogP contribution in [0.5, 0.6) is 0 Å². The normalized spacial score (nSPS) is 11.8. The molecular formula is C19H27N3O3. The van der Waals surface area contributed by atoms with Gasteiger partial charge in [0.2, 0.25) is 0 Å². The number of nitrogens with one attached hydrogen (secondary N) is 1. The highest BCUT2D eigenvalue weighted by Gasteiger charge is 2.18. The molecule has 2 rings (SSSR count). The molecule has 1 N–H and O–H groups in total. The molecule has 1 amide bonds. The Labute approximate surface area is 148 Å². The van der Waals surface area contributed by atoms with Crippen LogP contribution in [-0.4, -0.2) is 54.3 Å². The molecule has 136 valence electrons. The zero-order chi connectivity index (χ0) is 18.6. The van der Waals surface area contributed by atoms with Crippen LogP contribution in [0.3, 0.4) is 0 Å². The molecule has 0 spiro atoms. The summed E-state index contributed by atoms with van der Waals surface area (Å²) in [5, 5.41) is 3.59. The van der Waals surface area contributed by atoms with E-state index in [-0.39, 0.29) is 12.5 Å². The SMILES string of the molecule is CN(C)CCc1cn(C(=O)CNC(=O)OC(C)(C)C)c2ccccc12. The quantitative estimate of drug-likeness (QED) is 0.905. The van der Waals surface area contributed by atoms with E-state index < -0.39 is 11.7 Å². The van der Waals surface area contributed by atoms with Crippen LogP contribution >= 0.6 is 0 Å². The van der Waals surface area contributed by atoms with Crippen molar-refractivity contribution in [1.82, 2.24) is 14.8 Å². The number of ether oxygens (including phenoxy) is 1. The predicted octanol–water partition coefficient (Wildman–Crippen LogP) is 2.91. The van der Waals surface area contributed by atoms with Crippen molar-refractivity contribution >= 4 is 22.9 Å². The molecule has 6 heteroatoms. The predicted molar refractivity (Wildman–Crippen MR) is 99.1 cm³/mol. The number of hydrogen-bond donors (Lipinski definition) is 1. The van der Waals surface area contributed by atoms with E-state index in [1.54, 1.807) is 25.3 Å². The number of alkyl carbamates (subject to hydrolysis) is 1. The average Bonchev–Trinajstić information content (AvgIpc) is 2.88. The number of hydrogen-bond acceptors (Lipinski definition) is 4.